The van der Waals surface area contributed by atoms with E-state index in [1.54, 1.807) is 6.92 Å². The van der Waals surface area contributed by atoms with Crippen molar-refractivity contribution in [2.45, 2.75) is 23.4 Å². The van der Waals surface area contributed by atoms with Gasteiger partial charge >= 0.3 is 5.51 Å². The van der Waals surface area contributed by atoms with Crippen LogP contribution >= 0.6 is 11.8 Å². The molecule has 1 rings (SSSR count). The zero-order chi connectivity index (χ0) is 13.8. The van der Waals surface area contributed by atoms with E-state index in [0.717, 1.165) is 0 Å². The predicted octanol–water partition coefficient (Wildman–Crippen LogP) is 3.27. The minimum atomic E-state index is -4.31. The first-order valence-electron chi connectivity index (χ1n) is 5.01. The molecule has 0 aromatic heterocycles. The van der Waals surface area contributed by atoms with Crippen molar-refractivity contribution >= 4 is 23.4 Å². The minimum absolute atomic E-state index is 0.0697. The molecule has 0 fully saturated rings. The highest BCUT2D eigenvalue weighted by Gasteiger charge is 2.29. The summed E-state index contributed by atoms with van der Waals surface area (Å²) in [5.41, 5.74) is -3.88. The molecule has 1 unspecified atom stereocenters. The summed E-state index contributed by atoms with van der Waals surface area (Å²) in [4.78, 5) is 11.5. The van der Waals surface area contributed by atoms with Gasteiger partial charge < -0.3 is 10.1 Å². The van der Waals surface area contributed by atoms with Crippen LogP contribution in [0.5, 0.6) is 0 Å². The number of methoxy groups -OCH3 is 1. The van der Waals surface area contributed by atoms with E-state index in [-0.39, 0.29) is 22.6 Å². The lowest BCUT2D eigenvalue weighted by molar-refractivity contribution is -0.124. The number of carbonyl (C=O) groups is 1. The molecule has 1 aromatic carbocycles. The standard InChI is InChI=1S/C11H12F3NO2S/c1-7(17-2)10(16)15-8-3-5-9(6-4-8)18-11(12,13)14/h3-7H,1-2H3,(H,15,16). The summed E-state index contributed by atoms with van der Waals surface area (Å²) in [5.74, 6) is -0.353. The number of benzene rings is 1. The average Bonchev–Trinajstić information content (AvgIpc) is 2.28. The van der Waals surface area contributed by atoms with E-state index in [1.165, 1.54) is 31.4 Å². The van der Waals surface area contributed by atoms with Crippen LogP contribution in [0.15, 0.2) is 29.2 Å². The molecule has 0 bridgehead atoms. The number of alkyl halides is 3. The fraction of sp³-hybridized carbons (Fsp3) is 0.364. The molecule has 7 heteroatoms. The lowest BCUT2D eigenvalue weighted by Crippen LogP contribution is -2.26. The fourth-order valence-electron chi connectivity index (χ4n) is 1.09. The van der Waals surface area contributed by atoms with Crippen molar-refractivity contribution in [2.75, 3.05) is 12.4 Å². The van der Waals surface area contributed by atoms with Crippen LogP contribution in [0.3, 0.4) is 0 Å². The molecule has 0 heterocycles. The van der Waals surface area contributed by atoms with Gasteiger partial charge in [-0.15, -0.1) is 0 Å². The van der Waals surface area contributed by atoms with E-state index in [4.69, 9.17) is 4.74 Å². The summed E-state index contributed by atoms with van der Waals surface area (Å²) >= 11 is -0.198. The van der Waals surface area contributed by atoms with Crippen LogP contribution in [0, 0.1) is 0 Å². The number of amides is 1. The fourth-order valence-corrected chi connectivity index (χ4v) is 1.63. The number of hydrogen-bond acceptors (Lipinski definition) is 3. The van der Waals surface area contributed by atoms with Crippen molar-refractivity contribution in [3.63, 3.8) is 0 Å². The summed E-state index contributed by atoms with van der Waals surface area (Å²) < 4.78 is 41.0. The van der Waals surface area contributed by atoms with Gasteiger partial charge in [-0.3, -0.25) is 4.79 Å². The number of hydrogen-bond donors (Lipinski definition) is 1. The Morgan fingerprint density at radius 3 is 2.33 bits per heavy atom. The van der Waals surface area contributed by atoms with Crippen molar-refractivity contribution in [2.24, 2.45) is 0 Å². The van der Waals surface area contributed by atoms with Gasteiger partial charge in [-0.2, -0.15) is 13.2 Å². The third-order valence-electron chi connectivity index (χ3n) is 2.08. The van der Waals surface area contributed by atoms with Crippen molar-refractivity contribution in [3.05, 3.63) is 24.3 Å². The van der Waals surface area contributed by atoms with E-state index in [0.29, 0.717) is 5.69 Å². The Bertz CT molecular complexity index is 406. The van der Waals surface area contributed by atoms with Crippen molar-refractivity contribution in [1.29, 1.82) is 0 Å². The van der Waals surface area contributed by atoms with Crippen molar-refractivity contribution in [3.8, 4) is 0 Å². The number of anilines is 1. The number of halogens is 3. The number of thioether (sulfide) groups is 1. The molecular formula is C11H12F3NO2S. The van der Waals surface area contributed by atoms with E-state index in [2.05, 4.69) is 5.32 Å². The zero-order valence-electron chi connectivity index (χ0n) is 9.75. The van der Waals surface area contributed by atoms with Gasteiger partial charge in [-0.1, -0.05) is 0 Å². The van der Waals surface area contributed by atoms with Gasteiger partial charge in [0.1, 0.15) is 6.10 Å². The monoisotopic (exact) mass is 279 g/mol. The molecule has 0 aliphatic rings. The molecule has 0 saturated carbocycles. The highest BCUT2D eigenvalue weighted by atomic mass is 32.2. The van der Waals surface area contributed by atoms with Crippen LogP contribution in [-0.4, -0.2) is 24.6 Å². The molecular weight excluding hydrogens is 267 g/mol. The lowest BCUT2D eigenvalue weighted by Gasteiger charge is -2.11. The molecule has 1 atom stereocenters. The van der Waals surface area contributed by atoms with E-state index in [9.17, 15) is 18.0 Å². The SMILES string of the molecule is COC(C)C(=O)Nc1ccc(SC(F)(F)F)cc1. The van der Waals surface area contributed by atoms with Gasteiger partial charge in [-0.05, 0) is 43.0 Å². The van der Waals surface area contributed by atoms with Gasteiger partial charge in [0.05, 0.1) is 0 Å². The maximum atomic E-state index is 12.1. The van der Waals surface area contributed by atoms with Gasteiger partial charge in [0, 0.05) is 17.7 Å². The first-order valence-corrected chi connectivity index (χ1v) is 5.83. The van der Waals surface area contributed by atoms with Crippen LogP contribution in [0.2, 0.25) is 0 Å². The number of rotatable bonds is 4. The smallest absolute Gasteiger partial charge is 0.372 e. The number of nitrogens with one attached hydrogen (secondary N) is 1. The molecule has 1 N–H and O–H groups in total. The molecule has 0 spiro atoms. The normalized spacial score (nSPS) is 13.2. The lowest BCUT2D eigenvalue weighted by atomic mass is 10.3. The van der Waals surface area contributed by atoms with Crippen LogP contribution < -0.4 is 5.32 Å². The molecule has 3 nitrogen and oxygen atoms in total. The van der Waals surface area contributed by atoms with Crippen LogP contribution in [0.1, 0.15) is 6.92 Å². The topological polar surface area (TPSA) is 38.3 Å². The average molecular weight is 279 g/mol. The molecule has 0 saturated heterocycles. The Balaban J connectivity index is 2.63. The summed E-state index contributed by atoms with van der Waals surface area (Å²) in [5, 5.41) is 2.53. The Hall–Kier alpha value is -1.21. The third kappa shape index (κ3) is 4.97. The molecule has 18 heavy (non-hydrogen) atoms. The van der Waals surface area contributed by atoms with Crippen LogP contribution in [-0.2, 0) is 9.53 Å². The highest BCUT2D eigenvalue weighted by molar-refractivity contribution is 8.00. The Morgan fingerprint density at radius 2 is 1.89 bits per heavy atom. The molecule has 100 valence electrons. The summed E-state index contributed by atoms with van der Waals surface area (Å²) in [6.45, 7) is 1.57. The van der Waals surface area contributed by atoms with E-state index >= 15 is 0 Å². The van der Waals surface area contributed by atoms with E-state index < -0.39 is 11.6 Å². The maximum Gasteiger partial charge on any atom is 0.446 e. The van der Waals surface area contributed by atoms with Crippen LogP contribution in [0.25, 0.3) is 0 Å². The first-order chi connectivity index (χ1) is 8.31. The Labute approximate surface area is 107 Å². The largest absolute Gasteiger partial charge is 0.446 e. The second-order valence-electron chi connectivity index (χ2n) is 3.44. The second-order valence-corrected chi connectivity index (χ2v) is 4.58. The molecule has 1 amide bonds. The highest BCUT2D eigenvalue weighted by Crippen LogP contribution is 2.36. The maximum absolute atomic E-state index is 12.1. The first kappa shape index (κ1) is 14.8. The zero-order valence-corrected chi connectivity index (χ0v) is 10.6. The van der Waals surface area contributed by atoms with Gasteiger partial charge in [0.15, 0.2) is 0 Å². The van der Waals surface area contributed by atoms with Crippen molar-refractivity contribution in [1.82, 2.24) is 0 Å². The Kier molecular flexibility index (Phi) is 5.03. The molecule has 0 aliphatic heterocycles. The van der Waals surface area contributed by atoms with Gasteiger partial charge in [0.2, 0.25) is 0 Å². The minimum Gasteiger partial charge on any atom is -0.372 e. The number of ether oxygens (including phenoxy) is 1. The quantitative estimate of drug-likeness (QED) is 0.860. The summed E-state index contributed by atoms with van der Waals surface area (Å²) in [6, 6.07) is 5.42. The van der Waals surface area contributed by atoms with Crippen LogP contribution in [0.4, 0.5) is 18.9 Å². The number of carbonyl (C=O) groups excluding carboxylic acids is 1. The van der Waals surface area contributed by atoms with Gasteiger partial charge in [-0.25, -0.2) is 0 Å². The molecule has 0 radical (unpaired) electrons. The summed E-state index contributed by atoms with van der Waals surface area (Å²) in [7, 11) is 1.40. The van der Waals surface area contributed by atoms with Crippen molar-refractivity contribution < 1.29 is 22.7 Å². The van der Waals surface area contributed by atoms with E-state index in [1.807, 2.05) is 0 Å². The second kappa shape index (κ2) is 6.10. The summed E-state index contributed by atoms with van der Waals surface area (Å²) in [6.07, 6.45) is -0.616. The molecule has 0 aliphatic carbocycles. The Morgan fingerprint density at radius 1 is 1.33 bits per heavy atom. The third-order valence-corrected chi connectivity index (χ3v) is 2.82. The van der Waals surface area contributed by atoms with Gasteiger partial charge in [0.25, 0.3) is 5.91 Å². The predicted molar refractivity (Wildman–Crippen MR) is 63.5 cm³/mol. The molecule has 1 aromatic rings.